The minimum absolute atomic E-state index is 0.0587. The van der Waals surface area contributed by atoms with Crippen LogP contribution in [0.3, 0.4) is 0 Å². The van der Waals surface area contributed by atoms with Gasteiger partial charge in [-0.2, -0.15) is 0 Å². The molecule has 4 nitrogen and oxygen atoms in total. The summed E-state index contributed by atoms with van der Waals surface area (Å²) in [4.78, 5) is 13.4. The zero-order valence-corrected chi connectivity index (χ0v) is 11.7. The molecule has 0 unspecified atom stereocenters. The SMILES string of the molecule is CC(=O)N(Cc1cccc(C(N)=CC=N)c1)C(C)C. The van der Waals surface area contributed by atoms with E-state index in [-0.39, 0.29) is 11.9 Å². The van der Waals surface area contributed by atoms with E-state index in [1.54, 1.807) is 17.9 Å². The van der Waals surface area contributed by atoms with Crippen LogP contribution in [0.25, 0.3) is 5.70 Å². The van der Waals surface area contributed by atoms with Crippen LogP contribution >= 0.6 is 0 Å². The molecular formula is C15H21N3O. The highest BCUT2D eigenvalue weighted by atomic mass is 16.2. The third-order valence-electron chi connectivity index (χ3n) is 2.90. The molecular weight excluding hydrogens is 238 g/mol. The number of allylic oxidation sites excluding steroid dienone is 1. The largest absolute Gasteiger partial charge is 0.398 e. The molecule has 0 aromatic heterocycles. The molecule has 0 bridgehead atoms. The van der Waals surface area contributed by atoms with Gasteiger partial charge in [0, 0.05) is 31.4 Å². The molecule has 0 saturated heterocycles. The summed E-state index contributed by atoms with van der Waals surface area (Å²) in [5.74, 6) is 0.0587. The maximum Gasteiger partial charge on any atom is 0.219 e. The number of rotatable bonds is 5. The molecule has 1 aromatic carbocycles. The van der Waals surface area contributed by atoms with Gasteiger partial charge in [0.1, 0.15) is 0 Å². The van der Waals surface area contributed by atoms with E-state index in [1.165, 1.54) is 0 Å². The summed E-state index contributed by atoms with van der Waals surface area (Å²) in [5.41, 5.74) is 8.30. The van der Waals surface area contributed by atoms with Gasteiger partial charge in [-0.05, 0) is 37.1 Å². The summed E-state index contributed by atoms with van der Waals surface area (Å²) >= 11 is 0. The van der Waals surface area contributed by atoms with Crippen molar-refractivity contribution in [1.29, 1.82) is 5.41 Å². The van der Waals surface area contributed by atoms with Crippen molar-refractivity contribution in [3.8, 4) is 0 Å². The summed E-state index contributed by atoms with van der Waals surface area (Å²) < 4.78 is 0. The van der Waals surface area contributed by atoms with Gasteiger partial charge in [0.15, 0.2) is 0 Å². The number of benzene rings is 1. The zero-order valence-electron chi connectivity index (χ0n) is 11.7. The Kier molecular flexibility index (Phi) is 5.30. The van der Waals surface area contributed by atoms with Gasteiger partial charge in [-0.25, -0.2) is 0 Å². The normalized spacial score (nSPS) is 11.5. The van der Waals surface area contributed by atoms with Crippen LogP contribution < -0.4 is 5.73 Å². The van der Waals surface area contributed by atoms with Crippen molar-refractivity contribution in [2.24, 2.45) is 5.73 Å². The van der Waals surface area contributed by atoms with Crippen molar-refractivity contribution < 1.29 is 4.79 Å². The Labute approximate surface area is 114 Å². The molecule has 0 spiro atoms. The van der Waals surface area contributed by atoms with Crippen LogP contribution in [-0.2, 0) is 11.3 Å². The lowest BCUT2D eigenvalue weighted by Crippen LogP contribution is -2.34. The molecule has 0 saturated carbocycles. The Morgan fingerprint density at radius 3 is 2.68 bits per heavy atom. The molecule has 0 aliphatic heterocycles. The molecule has 0 aliphatic rings. The van der Waals surface area contributed by atoms with Crippen LogP contribution in [-0.4, -0.2) is 23.1 Å². The molecule has 19 heavy (non-hydrogen) atoms. The first-order valence-electron chi connectivity index (χ1n) is 6.28. The number of hydrogen-bond donors (Lipinski definition) is 2. The summed E-state index contributed by atoms with van der Waals surface area (Å²) in [6.45, 7) is 6.13. The molecule has 0 aliphatic carbocycles. The van der Waals surface area contributed by atoms with Crippen LogP contribution in [0.4, 0.5) is 0 Å². The second kappa shape index (κ2) is 6.73. The number of carbonyl (C=O) groups excluding carboxylic acids is 1. The second-order valence-electron chi connectivity index (χ2n) is 4.73. The van der Waals surface area contributed by atoms with Crippen molar-refractivity contribution in [1.82, 2.24) is 4.90 Å². The number of nitrogens with two attached hydrogens (primary N) is 1. The Bertz CT molecular complexity index is 492. The monoisotopic (exact) mass is 259 g/mol. The van der Waals surface area contributed by atoms with E-state index in [0.717, 1.165) is 17.3 Å². The highest BCUT2D eigenvalue weighted by molar-refractivity contribution is 5.81. The van der Waals surface area contributed by atoms with E-state index in [1.807, 2.05) is 38.1 Å². The van der Waals surface area contributed by atoms with Gasteiger partial charge in [0.25, 0.3) is 0 Å². The average Bonchev–Trinajstić information content (AvgIpc) is 2.36. The molecule has 4 heteroatoms. The minimum atomic E-state index is 0.0587. The number of nitrogens with zero attached hydrogens (tertiary/aromatic N) is 1. The van der Waals surface area contributed by atoms with Crippen molar-refractivity contribution in [3.63, 3.8) is 0 Å². The van der Waals surface area contributed by atoms with Gasteiger partial charge >= 0.3 is 0 Å². The van der Waals surface area contributed by atoms with Crippen LogP contribution in [0.2, 0.25) is 0 Å². The third kappa shape index (κ3) is 4.25. The fourth-order valence-corrected chi connectivity index (χ4v) is 1.89. The summed E-state index contributed by atoms with van der Waals surface area (Å²) in [6, 6.07) is 7.89. The van der Waals surface area contributed by atoms with E-state index in [9.17, 15) is 4.79 Å². The predicted molar refractivity (Wildman–Crippen MR) is 78.8 cm³/mol. The van der Waals surface area contributed by atoms with E-state index in [0.29, 0.717) is 12.2 Å². The highest BCUT2D eigenvalue weighted by Gasteiger charge is 2.13. The fraction of sp³-hybridized carbons (Fsp3) is 0.333. The van der Waals surface area contributed by atoms with Gasteiger partial charge in [0.05, 0.1) is 0 Å². The molecule has 0 fully saturated rings. The molecule has 0 atom stereocenters. The van der Waals surface area contributed by atoms with Gasteiger partial charge in [-0.15, -0.1) is 0 Å². The Morgan fingerprint density at radius 2 is 2.16 bits per heavy atom. The number of nitrogens with one attached hydrogen (secondary N) is 1. The predicted octanol–water partition coefficient (Wildman–Crippen LogP) is 2.39. The molecule has 102 valence electrons. The molecule has 0 radical (unpaired) electrons. The zero-order chi connectivity index (χ0) is 14.4. The quantitative estimate of drug-likeness (QED) is 0.797. The smallest absolute Gasteiger partial charge is 0.219 e. The lowest BCUT2D eigenvalue weighted by molar-refractivity contribution is -0.131. The van der Waals surface area contributed by atoms with Gasteiger partial charge < -0.3 is 16.0 Å². The van der Waals surface area contributed by atoms with Gasteiger partial charge in [-0.3, -0.25) is 4.79 Å². The van der Waals surface area contributed by atoms with E-state index < -0.39 is 0 Å². The number of amides is 1. The van der Waals surface area contributed by atoms with Gasteiger partial charge in [0.2, 0.25) is 5.91 Å². The standard InChI is InChI=1S/C15H21N3O/c1-11(2)18(12(3)19)10-13-5-4-6-14(9-13)15(17)7-8-16/h4-9,11,16H,10,17H2,1-3H3. The van der Waals surface area contributed by atoms with Crippen LogP contribution in [0, 0.1) is 5.41 Å². The topological polar surface area (TPSA) is 70.2 Å². The molecule has 1 aromatic rings. The Morgan fingerprint density at radius 1 is 1.47 bits per heavy atom. The summed E-state index contributed by atoms with van der Waals surface area (Å²) in [5, 5.41) is 7.03. The fourth-order valence-electron chi connectivity index (χ4n) is 1.89. The lowest BCUT2D eigenvalue weighted by atomic mass is 10.1. The van der Waals surface area contributed by atoms with Crippen molar-refractivity contribution in [3.05, 3.63) is 41.5 Å². The Hall–Kier alpha value is -2.10. The first kappa shape index (κ1) is 15.0. The highest BCUT2D eigenvalue weighted by Crippen LogP contribution is 2.14. The van der Waals surface area contributed by atoms with Crippen molar-refractivity contribution >= 4 is 17.8 Å². The van der Waals surface area contributed by atoms with E-state index >= 15 is 0 Å². The van der Waals surface area contributed by atoms with E-state index in [4.69, 9.17) is 11.1 Å². The maximum atomic E-state index is 11.6. The molecule has 1 amide bonds. The van der Waals surface area contributed by atoms with Crippen LogP contribution in [0.5, 0.6) is 0 Å². The first-order valence-corrected chi connectivity index (χ1v) is 6.28. The van der Waals surface area contributed by atoms with Crippen LogP contribution in [0.15, 0.2) is 30.3 Å². The lowest BCUT2D eigenvalue weighted by Gasteiger charge is -2.25. The van der Waals surface area contributed by atoms with Gasteiger partial charge in [-0.1, -0.05) is 18.2 Å². The average molecular weight is 259 g/mol. The Balaban J connectivity index is 2.96. The summed E-state index contributed by atoms with van der Waals surface area (Å²) in [7, 11) is 0. The van der Waals surface area contributed by atoms with Crippen LogP contribution in [0.1, 0.15) is 31.9 Å². The molecule has 3 N–H and O–H groups in total. The van der Waals surface area contributed by atoms with Crippen molar-refractivity contribution in [2.45, 2.75) is 33.4 Å². The molecule has 1 rings (SSSR count). The number of hydrogen-bond acceptors (Lipinski definition) is 3. The number of carbonyl (C=O) groups is 1. The second-order valence-corrected chi connectivity index (χ2v) is 4.73. The van der Waals surface area contributed by atoms with E-state index in [2.05, 4.69) is 0 Å². The van der Waals surface area contributed by atoms with Crippen molar-refractivity contribution in [2.75, 3.05) is 0 Å². The first-order chi connectivity index (χ1) is 8.95. The maximum absolute atomic E-state index is 11.6. The minimum Gasteiger partial charge on any atom is -0.398 e. The third-order valence-corrected chi connectivity index (χ3v) is 2.90. The summed E-state index contributed by atoms with van der Waals surface area (Å²) in [6.07, 6.45) is 2.71. The molecule has 0 heterocycles.